The molecular weight excluding hydrogens is 236 g/mol. The van der Waals surface area contributed by atoms with E-state index in [4.69, 9.17) is 9.84 Å². The fourth-order valence-electron chi connectivity index (χ4n) is 2.71. The van der Waals surface area contributed by atoms with E-state index in [2.05, 4.69) is 10.2 Å². The summed E-state index contributed by atoms with van der Waals surface area (Å²) < 4.78 is 5.48. The first-order chi connectivity index (χ1) is 8.61. The first-order valence-corrected chi connectivity index (χ1v) is 6.51. The van der Waals surface area contributed by atoms with Gasteiger partial charge in [0.15, 0.2) is 6.10 Å². The molecule has 0 aromatic carbocycles. The van der Waals surface area contributed by atoms with E-state index >= 15 is 0 Å². The van der Waals surface area contributed by atoms with E-state index < -0.39 is 12.1 Å². The van der Waals surface area contributed by atoms with Crippen LogP contribution < -0.4 is 5.32 Å². The van der Waals surface area contributed by atoms with E-state index in [9.17, 15) is 9.59 Å². The Labute approximate surface area is 106 Å². The van der Waals surface area contributed by atoms with Gasteiger partial charge in [-0.15, -0.1) is 0 Å². The van der Waals surface area contributed by atoms with Crippen LogP contribution in [0.5, 0.6) is 0 Å². The molecule has 2 aliphatic rings. The fourth-order valence-corrected chi connectivity index (χ4v) is 2.71. The number of nitrogens with one attached hydrogen (secondary N) is 1. The van der Waals surface area contributed by atoms with Crippen molar-refractivity contribution in [3.63, 3.8) is 0 Å². The van der Waals surface area contributed by atoms with Crippen LogP contribution in [-0.2, 0) is 14.3 Å². The summed E-state index contributed by atoms with van der Waals surface area (Å²) in [6, 6.07) is -0.105. The average Bonchev–Trinajstić information content (AvgIpc) is 2.78. The molecule has 18 heavy (non-hydrogen) atoms. The molecule has 3 atom stereocenters. The minimum atomic E-state index is -0.888. The predicted octanol–water partition coefficient (Wildman–Crippen LogP) is -0.171. The summed E-state index contributed by atoms with van der Waals surface area (Å²) in [5, 5.41) is 11.7. The second kappa shape index (κ2) is 5.67. The van der Waals surface area contributed by atoms with Crippen molar-refractivity contribution < 1.29 is 19.4 Å². The molecule has 2 N–H and O–H groups in total. The highest BCUT2D eigenvalue weighted by Crippen LogP contribution is 2.22. The number of hydrogen-bond acceptors (Lipinski definition) is 4. The number of hydrogen-bond donors (Lipinski definition) is 2. The molecule has 2 saturated heterocycles. The third-order valence-electron chi connectivity index (χ3n) is 3.65. The summed E-state index contributed by atoms with van der Waals surface area (Å²) in [6.45, 7) is 4.10. The first-order valence-electron chi connectivity index (χ1n) is 6.51. The lowest BCUT2D eigenvalue weighted by molar-refractivity contribution is -0.150. The van der Waals surface area contributed by atoms with Gasteiger partial charge < -0.3 is 15.2 Å². The lowest BCUT2D eigenvalue weighted by atomic mass is 10.1. The summed E-state index contributed by atoms with van der Waals surface area (Å²) in [5.74, 6) is -0.822. The van der Waals surface area contributed by atoms with E-state index in [1.807, 2.05) is 6.92 Å². The van der Waals surface area contributed by atoms with Crippen molar-refractivity contribution in [3.05, 3.63) is 0 Å². The molecule has 0 saturated carbocycles. The number of amides is 1. The minimum absolute atomic E-state index is 0.0638. The van der Waals surface area contributed by atoms with Gasteiger partial charge in [0.25, 0.3) is 0 Å². The molecule has 102 valence electrons. The van der Waals surface area contributed by atoms with Gasteiger partial charge in [-0.25, -0.2) is 4.79 Å². The summed E-state index contributed by atoms with van der Waals surface area (Å²) in [7, 11) is 0. The SMILES string of the molecule is CCC1C(=O)NCCN1CC1CCC(C(=O)O)O1. The van der Waals surface area contributed by atoms with E-state index in [1.54, 1.807) is 0 Å². The van der Waals surface area contributed by atoms with Crippen LogP contribution in [0.3, 0.4) is 0 Å². The van der Waals surface area contributed by atoms with Crippen LogP contribution in [0.1, 0.15) is 26.2 Å². The van der Waals surface area contributed by atoms with Gasteiger partial charge in [-0.1, -0.05) is 6.92 Å². The van der Waals surface area contributed by atoms with Crippen LogP contribution in [0, 0.1) is 0 Å². The third-order valence-corrected chi connectivity index (χ3v) is 3.65. The standard InChI is InChI=1S/C12H20N2O4/c1-2-9-11(15)13-5-6-14(9)7-8-3-4-10(18-8)12(16)17/h8-10H,2-7H2,1H3,(H,13,15)(H,16,17). The van der Waals surface area contributed by atoms with Crippen LogP contribution in [0.4, 0.5) is 0 Å². The van der Waals surface area contributed by atoms with Crippen molar-refractivity contribution in [2.24, 2.45) is 0 Å². The van der Waals surface area contributed by atoms with E-state index in [0.29, 0.717) is 19.5 Å². The zero-order chi connectivity index (χ0) is 13.1. The number of carboxylic acid groups (broad SMARTS) is 1. The van der Waals surface area contributed by atoms with Crippen molar-refractivity contribution in [3.8, 4) is 0 Å². The summed E-state index contributed by atoms with van der Waals surface area (Å²) in [5.41, 5.74) is 0. The number of piperazine rings is 1. The van der Waals surface area contributed by atoms with Gasteiger partial charge in [0, 0.05) is 19.6 Å². The lowest BCUT2D eigenvalue weighted by Gasteiger charge is -2.35. The molecule has 0 bridgehead atoms. The maximum Gasteiger partial charge on any atom is 0.332 e. The normalized spacial score (nSPS) is 33.4. The maximum absolute atomic E-state index is 11.7. The van der Waals surface area contributed by atoms with E-state index in [1.165, 1.54) is 0 Å². The van der Waals surface area contributed by atoms with Gasteiger partial charge in [-0.3, -0.25) is 9.69 Å². The maximum atomic E-state index is 11.7. The zero-order valence-electron chi connectivity index (χ0n) is 10.6. The van der Waals surface area contributed by atoms with Crippen molar-refractivity contribution in [2.75, 3.05) is 19.6 Å². The quantitative estimate of drug-likeness (QED) is 0.730. The Morgan fingerprint density at radius 1 is 1.56 bits per heavy atom. The number of carboxylic acids is 1. The number of ether oxygens (including phenoxy) is 1. The van der Waals surface area contributed by atoms with Crippen LogP contribution >= 0.6 is 0 Å². The van der Waals surface area contributed by atoms with Crippen LogP contribution in [0.15, 0.2) is 0 Å². The number of nitrogens with zero attached hydrogens (tertiary/aromatic N) is 1. The van der Waals surface area contributed by atoms with Gasteiger partial charge in [0.1, 0.15) is 0 Å². The molecule has 2 aliphatic heterocycles. The Hall–Kier alpha value is -1.14. The van der Waals surface area contributed by atoms with Gasteiger partial charge in [0.2, 0.25) is 5.91 Å². The Bertz CT molecular complexity index is 334. The molecule has 0 aromatic heterocycles. The van der Waals surface area contributed by atoms with Gasteiger partial charge in [0.05, 0.1) is 12.1 Å². The molecule has 1 amide bonds. The highest BCUT2D eigenvalue weighted by atomic mass is 16.5. The number of carbonyl (C=O) groups is 2. The smallest absolute Gasteiger partial charge is 0.332 e. The van der Waals surface area contributed by atoms with Crippen LogP contribution in [0.25, 0.3) is 0 Å². The summed E-state index contributed by atoms with van der Waals surface area (Å²) >= 11 is 0. The monoisotopic (exact) mass is 256 g/mol. The Kier molecular flexibility index (Phi) is 4.19. The molecule has 0 aliphatic carbocycles. The number of aliphatic carboxylic acids is 1. The fraction of sp³-hybridized carbons (Fsp3) is 0.833. The molecule has 2 heterocycles. The van der Waals surface area contributed by atoms with Crippen LogP contribution in [0.2, 0.25) is 0 Å². The Morgan fingerprint density at radius 2 is 2.33 bits per heavy atom. The van der Waals surface area contributed by atoms with Crippen molar-refractivity contribution in [1.29, 1.82) is 0 Å². The zero-order valence-corrected chi connectivity index (χ0v) is 10.6. The van der Waals surface area contributed by atoms with Crippen molar-refractivity contribution in [2.45, 2.75) is 44.4 Å². The van der Waals surface area contributed by atoms with Gasteiger partial charge in [-0.2, -0.15) is 0 Å². The topological polar surface area (TPSA) is 78.9 Å². The molecule has 2 fully saturated rings. The number of carbonyl (C=O) groups excluding carboxylic acids is 1. The molecule has 6 nitrogen and oxygen atoms in total. The van der Waals surface area contributed by atoms with E-state index in [-0.39, 0.29) is 18.1 Å². The Balaban J connectivity index is 1.89. The Morgan fingerprint density at radius 3 is 2.94 bits per heavy atom. The molecular formula is C12H20N2O4. The third kappa shape index (κ3) is 2.81. The molecule has 0 aromatic rings. The summed E-state index contributed by atoms with van der Waals surface area (Å²) in [4.78, 5) is 24.6. The van der Waals surface area contributed by atoms with E-state index in [0.717, 1.165) is 19.4 Å². The molecule has 6 heteroatoms. The van der Waals surface area contributed by atoms with Crippen molar-refractivity contribution >= 4 is 11.9 Å². The lowest BCUT2D eigenvalue weighted by Crippen LogP contribution is -2.56. The first kappa shape index (κ1) is 13.3. The summed E-state index contributed by atoms with van der Waals surface area (Å²) in [6.07, 6.45) is 1.35. The highest BCUT2D eigenvalue weighted by Gasteiger charge is 2.35. The molecule has 0 radical (unpaired) electrons. The molecule has 0 spiro atoms. The predicted molar refractivity (Wildman–Crippen MR) is 64.2 cm³/mol. The minimum Gasteiger partial charge on any atom is -0.479 e. The number of rotatable bonds is 4. The second-order valence-electron chi connectivity index (χ2n) is 4.87. The molecule has 3 unspecified atom stereocenters. The average molecular weight is 256 g/mol. The van der Waals surface area contributed by atoms with Crippen molar-refractivity contribution in [1.82, 2.24) is 10.2 Å². The van der Waals surface area contributed by atoms with Gasteiger partial charge >= 0.3 is 5.97 Å². The second-order valence-corrected chi connectivity index (χ2v) is 4.87. The van der Waals surface area contributed by atoms with Crippen LogP contribution in [-0.4, -0.2) is 59.8 Å². The largest absolute Gasteiger partial charge is 0.479 e. The highest BCUT2D eigenvalue weighted by molar-refractivity contribution is 5.82. The van der Waals surface area contributed by atoms with Gasteiger partial charge in [-0.05, 0) is 19.3 Å². The molecule has 2 rings (SSSR count).